The third kappa shape index (κ3) is 4.30. The van der Waals surface area contributed by atoms with Crippen LogP contribution in [0.2, 0.25) is 0 Å². The van der Waals surface area contributed by atoms with Gasteiger partial charge in [-0.15, -0.1) is 0 Å². The molecule has 0 bridgehead atoms. The second-order valence-corrected chi connectivity index (χ2v) is 5.28. The molecule has 0 saturated heterocycles. The number of nitrogens with zero attached hydrogens (tertiary/aromatic N) is 2. The number of aromatic nitrogens is 1. The highest BCUT2D eigenvalue weighted by Gasteiger charge is 2.08. The summed E-state index contributed by atoms with van der Waals surface area (Å²) in [5.74, 6) is 0.350. The van der Waals surface area contributed by atoms with Crippen molar-refractivity contribution >= 4 is 5.91 Å². The van der Waals surface area contributed by atoms with Crippen LogP contribution in [0.4, 0.5) is 0 Å². The molecule has 0 fully saturated rings. The summed E-state index contributed by atoms with van der Waals surface area (Å²) >= 11 is 0. The molecule has 0 radical (unpaired) electrons. The minimum Gasteiger partial charge on any atom is -0.481 e. The number of nitrogens with one attached hydrogen (secondary N) is 1. The molecule has 0 aliphatic rings. The standard InChI is InChI=1S/C17H21N3O2/c1-20(2)12-15-7-5-4-6-13(15)10-19-17(21)14-8-9-16(22-3)18-11-14/h4-9,11H,10,12H2,1-3H3,(H,19,21). The smallest absolute Gasteiger partial charge is 0.253 e. The number of hydrogen-bond donors (Lipinski definition) is 1. The Labute approximate surface area is 130 Å². The van der Waals surface area contributed by atoms with Crippen LogP contribution in [-0.2, 0) is 13.1 Å². The molecule has 1 N–H and O–H groups in total. The number of ether oxygens (including phenoxy) is 1. The molecule has 1 heterocycles. The summed E-state index contributed by atoms with van der Waals surface area (Å²) in [5, 5.41) is 2.93. The summed E-state index contributed by atoms with van der Waals surface area (Å²) in [5.41, 5.74) is 2.84. The van der Waals surface area contributed by atoms with Crippen molar-refractivity contribution in [2.24, 2.45) is 0 Å². The van der Waals surface area contributed by atoms with Crippen molar-refractivity contribution in [1.82, 2.24) is 15.2 Å². The quantitative estimate of drug-likeness (QED) is 0.887. The van der Waals surface area contributed by atoms with Gasteiger partial charge >= 0.3 is 0 Å². The lowest BCUT2D eigenvalue weighted by Gasteiger charge is -2.14. The lowest BCUT2D eigenvalue weighted by Crippen LogP contribution is -2.24. The SMILES string of the molecule is COc1ccc(C(=O)NCc2ccccc2CN(C)C)cn1. The van der Waals surface area contributed by atoms with E-state index in [1.165, 1.54) is 11.8 Å². The van der Waals surface area contributed by atoms with Crippen molar-refractivity contribution < 1.29 is 9.53 Å². The van der Waals surface area contributed by atoms with Crippen LogP contribution in [-0.4, -0.2) is 37.0 Å². The fourth-order valence-electron chi connectivity index (χ4n) is 2.14. The summed E-state index contributed by atoms with van der Waals surface area (Å²) in [6, 6.07) is 11.5. The first-order valence-electron chi connectivity index (χ1n) is 7.10. The van der Waals surface area contributed by atoms with Gasteiger partial charge in [0.25, 0.3) is 5.91 Å². The Balaban J connectivity index is 2.01. The van der Waals surface area contributed by atoms with Crippen molar-refractivity contribution in [3.05, 3.63) is 59.3 Å². The van der Waals surface area contributed by atoms with Crippen LogP contribution in [0.5, 0.6) is 5.88 Å². The molecule has 5 heteroatoms. The Hall–Kier alpha value is -2.40. The molecule has 1 aromatic heterocycles. The van der Waals surface area contributed by atoms with E-state index in [4.69, 9.17) is 4.74 Å². The van der Waals surface area contributed by atoms with Gasteiger partial charge in [-0.3, -0.25) is 4.79 Å². The van der Waals surface area contributed by atoms with Crippen LogP contribution in [0.15, 0.2) is 42.6 Å². The maximum Gasteiger partial charge on any atom is 0.253 e. The highest BCUT2D eigenvalue weighted by atomic mass is 16.5. The second-order valence-electron chi connectivity index (χ2n) is 5.28. The Morgan fingerprint density at radius 1 is 1.18 bits per heavy atom. The lowest BCUT2D eigenvalue weighted by atomic mass is 10.1. The number of hydrogen-bond acceptors (Lipinski definition) is 4. The zero-order valence-corrected chi connectivity index (χ0v) is 13.2. The van der Waals surface area contributed by atoms with Crippen LogP contribution in [0, 0.1) is 0 Å². The zero-order valence-electron chi connectivity index (χ0n) is 13.2. The van der Waals surface area contributed by atoms with E-state index in [2.05, 4.69) is 21.3 Å². The van der Waals surface area contributed by atoms with Gasteiger partial charge in [-0.1, -0.05) is 24.3 Å². The Kier molecular flexibility index (Phi) is 5.49. The molecule has 0 atom stereocenters. The molecule has 0 aliphatic heterocycles. The number of carbonyl (C=O) groups is 1. The number of methoxy groups -OCH3 is 1. The Morgan fingerprint density at radius 3 is 2.50 bits per heavy atom. The number of pyridine rings is 1. The van der Waals surface area contributed by atoms with Gasteiger partial charge in [0, 0.05) is 25.4 Å². The van der Waals surface area contributed by atoms with Gasteiger partial charge in [-0.25, -0.2) is 4.98 Å². The summed E-state index contributed by atoms with van der Waals surface area (Å²) < 4.78 is 4.98. The van der Waals surface area contributed by atoms with E-state index in [1.54, 1.807) is 19.2 Å². The fourth-order valence-corrected chi connectivity index (χ4v) is 2.14. The molecular weight excluding hydrogens is 278 g/mol. The number of benzene rings is 1. The Morgan fingerprint density at radius 2 is 1.91 bits per heavy atom. The van der Waals surface area contributed by atoms with E-state index in [0.717, 1.165) is 12.1 Å². The molecule has 1 aromatic carbocycles. The topological polar surface area (TPSA) is 54.5 Å². The summed E-state index contributed by atoms with van der Waals surface area (Å²) in [7, 11) is 5.60. The van der Waals surface area contributed by atoms with Gasteiger partial charge in [0.05, 0.1) is 12.7 Å². The fraction of sp³-hybridized carbons (Fsp3) is 0.294. The summed E-state index contributed by atoms with van der Waals surface area (Å²) in [6.07, 6.45) is 1.51. The highest BCUT2D eigenvalue weighted by Crippen LogP contribution is 2.11. The second kappa shape index (κ2) is 7.56. The molecule has 2 aromatic rings. The lowest BCUT2D eigenvalue weighted by molar-refractivity contribution is 0.0950. The minimum absolute atomic E-state index is 0.144. The molecule has 0 saturated carbocycles. The van der Waals surface area contributed by atoms with E-state index in [1.807, 2.05) is 32.3 Å². The van der Waals surface area contributed by atoms with Crippen molar-refractivity contribution in [3.8, 4) is 5.88 Å². The summed E-state index contributed by atoms with van der Waals surface area (Å²) in [4.78, 5) is 18.3. The van der Waals surface area contributed by atoms with Crippen molar-refractivity contribution in [1.29, 1.82) is 0 Å². The predicted octanol–water partition coefficient (Wildman–Crippen LogP) is 2.08. The average molecular weight is 299 g/mol. The first kappa shape index (κ1) is 16.0. The number of amides is 1. The van der Waals surface area contributed by atoms with Gasteiger partial charge in [-0.2, -0.15) is 0 Å². The normalized spacial score (nSPS) is 10.5. The van der Waals surface area contributed by atoms with Gasteiger partial charge < -0.3 is 15.0 Å². The molecule has 116 valence electrons. The van der Waals surface area contributed by atoms with E-state index in [0.29, 0.717) is 18.0 Å². The van der Waals surface area contributed by atoms with E-state index < -0.39 is 0 Å². The van der Waals surface area contributed by atoms with E-state index in [9.17, 15) is 4.79 Å². The zero-order chi connectivity index (χ0) is 15.9. The van der Waals surface area contributed by atoms with Crippen LogP contribution in [0.3, 0.4) is 0 Å². The predicted molar refractivity (Wildman–Crippen MR) is 85.8 cm³/mol. The maximum atomic E-state index is 12.1. The van der Waals surface area contributed by atoms with Crippen LogP contribution >= 0.6 is 0 Å². The Bertz CT molecular complexity index is 624. The molecule has 0 spiro atoms. The van der Waals surface area contributed by atoms with Crippen LogP contribution in [0.25, 0.3) is 0 Å². The largest absolute Gasteiger partial charge is 0.481 e. The third-order valence-corrected chi connectivity index (χ3v) is 3.25. The van der Waals surface area contributed by atoms with Crippen molar-refractivity contribution in [3.63, 3.8) is 0 Å². The molecule has 0 unspecified atom stereocenters. The maximum absolute atomic E-state index is 12.1. The molecule has 22 heavy (non-hydrogen) atoms. The van der Waals surface area contributed by atoms with Gasteiger partial charge in [0.2, 0.25) is 5.88 Å². The minimum atomic E-state index is -0.144. The highest BCUT2D eigenvalue weighted by molar-refractivity contribution is 5.93. The first-order valence-corrected chi connectivity index (χ1v) is 7.10. The average Bonchev–Trinajstić information content (AvgIpc) is 2.53. The number of carbonyl (C=O) groups excluding carboxylic acids is 1. The van der Waals surface area contributed by atoms with E-state index in [-0.39, 0.29) is 5.91 Å². The molecule has 2 rings (SSSR count). The van der Waals surface area contributed by atoms with Crippen LogP contribution in [0.1, 0.15) is 21.5 Å². The summed E-state index contributed by atoms with van der Waals surface area (Å²) in [6.45, 7) is 1.34. The monoisotopic (exact) mass is 299 g/mol. The first-order chi connectivity index (χ1) is 10.6. The van der Waals surface area contributed by atoms with Gasteiger partial charge in [-0.05, 0) is 31.3 Å². The van der Waals surface area contributed by atoms with Crippen LogP contribution < -0.4 is 10.1 Å². The molecule has 5 nitrogen and oxygen atoms in total. The molecular formula is C17H21N3O2. The third-order valence-electron chi connectivity index (χ3n) is 3.25. The molecule has 1 amide bonds. The molecule has 0 aliphatic carbocycles. The van der Waals surface area contributed by atoms with E-state index >= 15 is 0 Å². The van der Waals surface area contributed by atoms with Crippen molar-refractivity contribution in [2.75, 3.05) is 21.2 Å². The number of rotatable bonds is 6. The van der Waals surface area contributed by atoms with Crippen molar-refractivity contribution in [2.45, 2.75) is 13.1 Å². The van der Waals surface area contributed by atoms with Gasteiger partial charge in [0.1, 0.15) is 0 Å². The van der Waals surface area contributed by atoms with Gasteiger partial charge in [0.15, 0.2) is 0 Å².